The monoisotopic (exact) mass is 736 g/mol. The van der Waals surface area contributed by atoms with Crippen molar-refractivity contribution in [2.45, 2.75) is 93.9 Å². The standard InChI is InChI=1S/C46H60N2O2S2/c1-29(2)25-47-43(49)45(39-17-13-31(5)21-35(39)9,40-18-14-32(6)22-36(40)10)27-51-52-28-46(44(50)48-26-30(3)4,41-19-15-33(7)23-37(41)11)42-20-16-34(8)24-38(42)12/h13-24,29-30H,25-28H2,1-12H3,(H,47,49)(H,48,50). The molecule has 0 aliphatic carbocycles. The lowest BCUT2D eigenvalue weighted by Gasteiger charge is -2.38. The van der Waals surface area contributed by atoms with Crippen molar-refractivity contribution >= 4 is 33.4 Å². The Kier molecular flexibility index (Phi) is 13.9. The van der Waals surface area contributed by atoms with Crippen LogP contribution in [0.15, 0.2) is 72.8 Å². The maximum Gasteiger partial charge on any atom is 0.236 e. The minimum absolute atomic E-state index is 0.0119. The van der Waals surface area contributed by atoms with Gasteiger partial charge in [0.25, 0.3) is 0 Å². The molecule has 4 rings (SSSR count). The Morgan fingerprint density at radius 3 is 0.942 bits per heavy atom. The SMILES string of the molecule is Cc1ccc(C(CSSCC(C(=O)NCC(C)C)(c2ccc(C)cc2C)c2ccc(C)cc2C)(C(=O)NCC(C)C)c2ccc(C)cc2C)c(C)c1. The Hall–Kier alpha value is -3.48. The van der Waals surface area contributed by atoms with E-state index in [-0.39, 0.29) is 11.8 Å². The second kappa shape index (κ2) is 17.6. The first-order valence-electron chi connectivity index (χ1n) is 18.6. The van der Waals surface area contributed by atoms with Gasteiger partial charge in [0.15, 0.2) is 0 Å². The van der Waals surface area contributed by atoms with Gasteiger partial charge in [-0.15, -0.1) is 0 Å². The number of hydrogen-bond acceptors (Lipinski definition) is 4. The molecule has 0 saturated carbocycles. The van der Waals surface area contributed by atoms with Crippen molar-refractivity contribution in [1.29, 1.82) is 0 Å². The highest BCUT2D eigenvalue weighted by Gasteiger charge is 2.47. The fourth-order valence-corrected chi connectivity index (χ4v) is 10.5. The van der Waals surface area contributed by atoms with Gasteiger partial charge >= 0.3 is 0 Å². The van der Waals surface area contributed by atoms with Crippen molar-refractivity contribution in [3.8, 4) is 0 Å². The number of carbonyl (C=O) groups excluding carboxylic acids is 2. The van der Waals surface area contributed by atoms with Crippen LogP contribution in [-0.4, -0.2) is 36.4 Å². The maximum atomic E-state index is 14.9. The van der Waals surface area contributed by atoms with Gasteiger partial charge in [0.1, 0.15) is 10.8 Å². The van der Waals surface area contributed by atoms with Crippen molar-refractivity contribution in [3.63, 3.8) is 0 Å². The summed E-state index contributed by atoms with van der Waals surface area (Å²) in [7, 11) is 3.38. The van der Waals surface area contributed by atoms with E-state index in [4.69, 9.17) is 0 Å². The van der Waals surface area contributed by atoms with Crippen LogP contribution < -0.4 is 10.6 Å². The van der Waals surface area contributed by atoms with Gasteiger partial charge in [-0.1, -0.05) is 144 Å². The highest BCUT2D eigenvalue weighted by atomic mass is 33.1. The molecule has 0 radical (unpaired) electrons. The number of carbonyl (C=O) groups is 2. The lowest BCUT2D eigenvalue weighted by molar-refractivity contribution is -0.125. The lowest BCUT2D eigenvalue weighted by atomic mass is 9.71. The second-order valence-electron chi connectivity index (χ2n) is 15.8. The molecule has 4 nitrogen and oxygen atoms in total. The van der Waals surface area contributed by atoms with E-state index in [9.17, 15) is 9.59 Å². The maximum absolute atomic E-state index is 14.9. The number of benzene rings is 4. The number of aryl methyl sites for hydroxylation is 8. The second-order valence-corrected chi connectivity index (χ2v) is 18.3. The summed E-state index contributed by atoms with van der Waals surface area (Å²) in [5.41, 5.74) is 11.2. The van der Waals surface area contributed by atoms with E-state index in [2.05, 4.69) is 167 Å². The molecule has 0 bridgehead atoms. The Balaban J connectivity index is 1.89. The molecule has 0 saturated heterocycles. The topological polar surface area (TPSA) is 58.2 Å². The predicted octanol–water partition coefficient (Wildman–Crippen LogP) is 10.4. The van der Waals surface area contributed by atoms with E-state index < -0.39 is 10.8 Å². The van der Waals surface area contributed by atoms with Crippen LogP contribution in [0.3, 0.4) is 0 Å². The number of hydrogen-bond donors (Lipinski definition) is 2. The molecule has 0 atom stereocenters. The number of nitrogens with one attached hydrogen (secondary N) is 2. The van der Waals surface area contributed by atoms with Crippen LogP contribution in [0.4, 0.5) is 0 Å². The van der Waals surface area contributed by atoms with Gasteiger partial charge in [-0.3, -0.25) is 9.59 Å². The minimum atomic E-state index is -0.954. The first-order chi connectivity index (χ1) is 24.5. The fourth-order valence-electron chi connectivity index (χ4n) is 7.55. The Labute approximate surface area is 322 Å². The van der Waals surface area contributed by atoms with Gasteiger partial charge in [-0.05, 0) is 112 Å². The predicted molar refractivity (Wildman–Crippen MR) is 226 cm³/mol. The van der Waals surface area contributed by atoms with Crippen molar-refractivity contribution in [3.05, 3.63) is 140 Å². The average Bonchev–Trinajstić information content (AvgIpc) is 3.06. The van der Waals surface area contributed by atoms with Crippen LogP contribution >= 0.6 is 21.6 Å². The fraction of sp³-hybridized carbons (Fsp3) is 0.435. The van der Waals surface area contributed by atoms with Crippen LogP contribution in [0.1, 0.15) is 94.5 Å². The Morgan fingerprint density at radius 1 is 0.481 bits per heavy atom. The molecule has 0 spiro atoms. The summed E-state index contributed by atoms with van der Waals surface area (Å²) in [6.07, 6.45) is 0. The molecule has 0 fully saturated rings. The molecular weight excluding hydrogens is 677 g/mol. The lowest BCUT2D eigenvalue weighted by Crippen LogP contribution is -2.49. The zero-order valence-electron chi connectivity index (χ0n) is 33.5. The first-order valence-corrected chi connectivity index (χ1v) is 21.1. The molecule has 52 heavy (non-hydrogen) atoms. The van der Waals surface area contributed by atoms with E-state index in [1.807, 2.05) is 0 Å². The molecule has 2 N–H and O–H groups in total. The molecular formula is C46H60N2O2S2. The molecule has 0 aromatic heterocycles. The van der Waals surface area contributed by atoms with Crippen molar-refractivity contribution in [2.24, 2.45) is 11.8 Å². The van der Waals surface area contributed by atoms with Gasteiger partial charge < -0.3 is 10.6 Å². The van der Waals surface area contributed by atoms with Crippen molar-refractivity contribution in [2.75, 3.05) is 24.6 Å². The Morgan fingerprint density at radius 2 is 0.731 bits per heavy atom. The van der Waals surface area contributed by atoms with Crippen LogP contribution in [0.5, 0.6) is 0 Å². The highest BCUT2D eigenvalue weighted by Crippen LogP contribution is 2.47. The average molecular weight is 737 g/mol. The van der Waals surface area contributed by atoms with Crippen molar-refractivity contribution < 1.29 is 9.59 Å². The van der Waals surface area contributed by atoms with Crippen LogP contribution in [0.2, 0.25) is 0 Å². The van der Waals surface area contributed by atoms with E-state index >= 15 is 0 Å². The summed E-state index contributed by atoms with van der Waals surface area (Å²) in [6, 6.07) is 25.8. The zero-order valence-corrected chi connectivity index (χ0v) is 35.2. The van der Waals surface area contributed by atoms with Crippen molar-refractivity contribution in [1.82, 2.24) is 10.6 Å². The van der Waals surface area contributed by atoms with Gasteiger partial charge in [0.05, 0.1) is 0 Å². The molecule has 2 amide bonds. The molecule has 0 aliphatic rings. The first kappa shape index (κ1) is 41.3. The molecule has 0 heterocycles. The third-order valence-corrected chi connectivity index (χ3v) is 12.6. The normalized spacial score (nSPS) is 12.0. The molecule has 278 valence electrons. The summed E-state index contributed by atoms with van der Waals surface area (Å²) in [5.74, 6) is 1.64. The van der Waals surface area contributed by atoms with E-state index in [1.54, 1.807) is 21.6 Å². The minimum Gasteiger partial charge on any atom is -0.355 e. The largest absolute Gasteiger partial charge is 0.355 e. The van der Waals surface area contributed by atoms with Crippen LogP contribution in [0, 0.1) is 67.2 Å². The molecule has 0 aliphatic heterocycles. The summed E-state index contributed by atoms with van der Waals surface area (Å²) >= 11 is 0. The number of rotatable bonds is 15. The molecule has 6 heteroatoms. The third kappa shape index (κ3) is 8.99. The Bertz CT molecular complexity index is 1650. The zero-order chi connectivity index (χ0) is 38.4. The highest BCUT2D eigenvalue weighted by molar-refractivity contribution is 8.76. The van der Waals surface area contributed by atoms with Gasteiger partial charge in [0.2, 0.25) is 11.8 Å². The smallest absolute Gasteiger partial charge is 0.236 e. The van der Waals surface area contributed by atoms with Gasteiger partial charge in [-0.25, -0.2) is 0 Å². The third-order valence-electron chi connectivity index (χ3n) is 10.1. The van der Waals surface area contributed by atoms with Gasteiger partial charge in [-0.2, -0.15) is 0 Å². The van der Waals surface area contributed by atoms with E-state index in [0.29, 0.717) is 36.4 Å². The van der Waals surface area contributed by atoms with E-state index in [1.165, 1.54) is 22.3 Å². The summed E-state index contributed by atoms with van der Waals surface area (Å²) < 4.78 is 0. The van der Waals surface area contributed by atoms with E-state index in [0.717, 1.165) is 44.5 Å². The summed E-state index contributed by atoms with van der Waals surface area (Å²) in [6.45, 7) is 26.6. The quantitative estimate of drug-likeness (QED) is 0.0943. The molecule has 4 aromatic rings. The van der Waals surface area contributed by atoms with Gasteiger partial charge in [0, 0.05) is 24.6 Å². The molecule has 0 unspecified atom stereocenters. The number of amides is 2. The van der Waals surface area contributed by atoms with Crippen LogP contribution in [0.25, 0.3) is 0 Å². The van der Waals surface area contributed by atoms with Crippen LogP contribution in [-0.2, 0) is 20.4 Å². The molecule has 4 aromatic carbocycles. The summed E-state index contributed by atoms with van der Waals surface area (Å²) in [5, 5.41) is 6.72. The summed E-state index contributed by atoms with van der Waals surface area (Å²) in [4.78, 5) is 29.8.